The zero-order chi connectivity index (χ0) is 21.1. The van der Waals surface area contributed by atoms with Crippen molar-refractivity contribution in [2.75, 3.05) is 40.0 Å². The Bertz CT molecular complexity index is 1020. The lowest BCUT2D eigenvalue weighted by atomic mass is 10.0. The van der Waals surface area contributed by atoms with Gasteiger partial charge in [-0.05, 0) is 55.3 Å². The molecule has 1 aliphatic rings. The van der Waals surface area contributed by atoms with Crippen LogP contribution in [0.25, 0.3) is 10.9 Å². The summed E-state index contributed by atoms with van der Waals surface area (Å²) < 4.78 is 10.8. The van der Waals surface area contributed by atoms with Gasteiger partial charge in [0, 0.05) is 41.8 Å². The number of nitrogens with zero attached hydrogens (tertiary/aromatic N) is 1. The molecule has 2 aromatic carbocycles. The topological polar surface area (TPSA) is 66.6 Å². The number of morpholine rings is 1. The van der Waals surface area contributed by atoms with Crippen LogP contribution in [0.4, 0.5) is 0 Å². The first-order valence-electron chi connectivity index (χ1n) is 10.4. The highest BCUT2D eigenvalue weighted by atomic mass is 16.5. The van der Waals surface area contributed by atoms with E-state index in [1.165, 1.54) is 5.56 Å². The highest BCUT2D eigenvalue weighted by Crippen LogP contribution is 2.25. The summed E-state index contributed by atoms with van der Waals surface area (Å²) >= 11 is 0. The van der Waals surface area contributed by atoms with Crippen molar-refractivity contribution in [2.24, 2.45) is 0 Å². The standard InChI is InChI=1S/C24H29N3O3/c1-16-17(2)26-22-9-6-19(14-21(16)22)24(28)25-15-23(27-10-12-30-13-11-27)18-4-7-20(29-3)8-5-18/h4-9,14,23,26H,10-13,15H2,1-3H3,(H,25,28)/t23-/m0/s1. The van der Waals surface area contributed by atoms with E-state index in [0.717, 1.165) is 41.0 Å². The van der Waals surface area contributed by atoms with Crippen LogP contribution >= 0.6 is 0 Å². The van der Waals surface area contributed by atoms with E-state index in [1.807, 2.05) is 30.3 Å². The number of hydrogen-bond donors (Lipinski definition) is 2. The Morgan fingerprint density at radius 3 is 2.60 bits per heavy atom. The molecule has 1 fully saturated rings. The molecular formula is C24H29N3O3. The molecule has 0 saturated carbocycles. The summed E-state index contributed by atoms with van der Waals surface area (Å²) in [6.45, 7) is 7.78. The zero-order valence-corrected chi connectivity index (χ0v) is 17.8. The molecule has 0 aliphatic carbocycles. The number of hydrogen-bond acceptors (Lipinski definition) is 4. The van der Waals surface area contributed by atoms with Gasteiger partial charge in [-0.15, -0.1) is 0 Å². The molecule has 1 aliphatic heterocycles. The summed E-state index contributed by atoms with van der Waals surface area (Å²) in [5.41, 5.74) is 5.22. The summed E-state index contributed by atoms with van der Waals surface area (Å²) in [4.78, 5) is 18.7. The number of fused-ring (bicyclic) bond motifs is 1. The molecule has 3 aromatic rings. The van der Waals surface area contributed by atoms with Crippen LogP contribution in [0.5, 0.6) is 5.75 Å². The van der Waals surface area contributed by atoms with Crippen LogP contribution in [0.15, 0.2) is 42.5 Å². The summed E-state index contributed by atoms with van der Waals surface area (Å²) in [7, 11) is 1.67. The number of amides is 1. The van der Waals surface area contributed by atoms with Crippen molar-refractivity contribution in [2.45, 2.75) is 19.9 Å². The van der Waals surface area contributed by atoms with Crippen LogP contribution < -0.4 is 10.1 Å². The normalized spacial score (nSPS) is 15.8. The van der Waals surface area contributed by atoms with Gasteiger partial charge >= 0.3 is 0 Å². The number of methoxy groups -OCH3 is 1. The molecule has 158 valence electrons. The van der Waals surface area contributed by atoms with E-state index in [2.05, 4.69) is 41.2 Å². The molecule has 1 saturated heterocycles. The molecule has 30 heavy (non-hydrogen) atoms. The third-order valence-corrected chi connectivity index (χ3v) is 6.01. The fraction of sp³-hybridized carbons (Fsp3) is 0.375. The highest BCUT2D eigenvalue weighted by molar-refractivity contribution is 5.99. The van der Waals surface area contributed by atoms with E-state index in [-0.39, 0.29) is 11.9 Å². The smallest absolute Gasteiger partial charge is 0.251 e. The predicted octanol–water partition coefficient (Wildman–Crippen LogP) is 3.60. The molecule has 0 bridgehead atoms. The largest absolute Gasteiger partial charge is 0.497 e. The maximum absolute atomic E-state index is 12.9. The van der Waals surface area contributed by atoms with E-state index < -0.39 is 0 Å². The van der Waals surface area contributed by atoms with E-state index in [0.29, 0.717) is 25.3 Å². The minimum absolute atomic E-state index is 0.0538. The third-order valence-electron chi connectivity index (χ3n) is 6.01. The average molecular weight is 408 g/mol. The lowest BCUT2D eigenvalue weighted by molar-refractivity contribution is 0.0162. The van der Waals surface area contributed by atoms with Gasteiger partial charge in [0.2, 0.25) is 0 Å². The van der Waals surface area contributed by atoms with E-state index in [4.69, 9.17) is 9.47 Å². The van der Waals surface area contributed by atoms with Gasteiger partial charge < -0.3 is 19.8 Å². The average Bonchev–Trinajstić information content (AvgIpc) is 3.08. The van der Waals surface area contributed by atoms with Crippen molar-refractivity contribution in [1.29, 1.82) is 0 Å². The summed E-state index contributed by atoms with van der Waals surface area (Å²) in [5, 5.41) is 4.25. The van der Waals surface area contributed by atoms with Crippen molar-refractivity contribution in [3.8, 4) is 5.75 Å². The molecule has 4 rings (SSSR count). The van der Waals surface area contributed by atoms with Gasteiger partial charge in [-0.2, -0.15) is 0 Å². The second kappa shape index (κ2) is 8.90. The number of rotatable bonds is 6. The number of nitrogens with one attached hydrogen (secondary N) is 2. The van der Waals surface area contributed by atoms with Crippen LogP contribution in [0.1, 0.15) is 33.2 Å². The van der Waals surface area contributed by atoms with Crippen molar-refractivity contribution in [3.05, 3.63) is 64.8 Å². The number of H-pyrrole nitrogens is 1. The lowest BCUT2D eigenvalue weighted by Crippen LogP contribution is -2.43. The number of benzene rings is 2. The number of aromatic amines is 1. The Kier molecular flexibility index (Phi) is 6.06. The summed E-state index contributed by atoms with van der Waals surface area (Å²) in [6.07, 6.45) is 0. The van der Waals surface area contributed by atoms with E-state index in [9.17, 15) is 4.79 Å². The Balaban J connectivity index is 1.52. The number of aromatic nitrogens is 1. The van der Waals surface area contributed by atoms with Gasteiger partial charge in [-0.25, -0.2) is 0 Å². The van der Waals surface area contributed by atoms with Crippen LogP contribution in [-0.2, 0) is 4.74 Å². The second-order valence-corrected chi connectivity index (χ2v) is 7.78. The maximum Gasteiger partial charge on any atom is 0.251 e. The van der Waals surface area contributed by atoms with Crippen molar-refractivity contribution in [3.63, 3.8) is 0 Å². The minimum atomic E-state index is -0.0538. The molecule has 1 aromatic heterocycles. The van der Waals surface area contributed by atoms with Gasteiger partial charge in [0.15, 0.2) is 0 Å². The SMILES string of the molecule is COc1ccc([C@H](CNC(=O)c2ccc3[nH]c(C)c(C)c3c2)N2CCOCC2)cc1. The molecule has 1 atom stereocenters. The molecular weight excluding hydrogens is 378 g/mol. The van der Waals surface area contributed by atoms with Gasteiger partial charge in [-0.3, -0.25) is 9.69 Å². The van der Waals surface area contributed by atoms with Gasteiger partial charge in [-0.1, -0.05) is 12.1 Å². The Morgan fingerprint density at radius 1 is 1.17 bits per heavy atom. The Morgan fingerprint density at radius 2 is 1.90 bits per heavy atom. The Labute approximate surface area is 177 Å². The molecule has 0 radical (unpaired) electrons. The van der Waals surface area contributed by atoms with Crippen LogP contribution in [-0.4, -0.2) is 55.7 Å². The molecule has 2 N–H and O–H groups in total. The van der Waals surface area contributed by atoms with Gasteiger partial charge in [0.1, 0.15) is 5.75 Å². The maximum atomic E-state index is 12.9. The third kappa shape index (κ3) is 4.20. The fourth-order valence-electron chi connectivity index (χ4n) is 4.07. The molecule has 6 heteroatoms. The van der Waals surface area contributed by atoms with E-state index >= 15 is 0 Å². The highest BCUT2D eigenvalue weighted by Gasteiger charge is 2.23. The number of carbonyl (C=O) groups excluding carboxylic acids is 1. The molecule has 0 spiro atoms. The molecule has 1 amide bonds. The van der Waals surface area contributed by atoms with Gasteiger partial charge in [0.05, 0.1) is 26.4 Å². The monoisotopic (exact) mass is 407 g/mol. The molecule has 6 nitrogen and oxygen atoms in total. The number of ether oxygens (including phenoxy) is 2. The van der Waals surface area contributed by atoms with Crippen molar-refractivity contribution < 1.29 is 14.3 Å². The first-order chi connectivity index (χ1) is 14.6. The zero-order valence-electron chi connectivity index (χ0n) is 17.8. The number of aryl methyl sites for hydroxylation is 2. The summed E-state index contributed by atoms with van der Waals surface area (Å²) in [5.74, 6) is 0.774. The van der Waals surface area contributed by atoms with Crippen molar-refractivity contribution in [1.82, 2.24) is 15.2 Å². The predicted molar refractivity (Wildman–Crippen MR) is 118 cm³/mol. The van der Waals surface area contributed by atoms with Gasteiger partial charge in [0.25, 0.3) is 5.91 Å². The van der Waals surface area contributed by atoms with Crippen LogP contribution in [0, 0.1) is 13.8 Å². The quantitative estimate of drug-likeness (QED) is 0.655. The number of carbonyl (C=O) groups is 1. The first-order valence-corrected chi connectivity index (χ1v) is 10.4. The first kappa shape index (κ1) is 20.4. The lowest BCUT2D eigenvalue weighted by Gasteiger charge is -2.35. The fourth-order valence-corrected chi connectivity index (χ4v) is 4.07. The van der Waals surface area contributed by atoms with Crippen molar-refractivity contribution >= 4 is 16.8 Å². The second-order valence-electron chi connectivity index (χ2n) is 7.78. The Hall–Kier alpha value is -2.83. The van der Waals surface area contributed by atoms with Crippen LogP contribution in [0.2, 0.25) is 0 Å². The minimum Gasteiger partial charge on any atom is -0.497 e. The molecule has 0 unspecified atom stereocenters. The molecule has 2 heterocycles. The summed E-state index contributed by atoms with van der Waals surface area (Å²) in [6, 6.07) is 14.0. The van der Waals surface area contributed by atoms with Crippen LogP contribution in [0.3, 0.4) is 0 Å². The van der Waals surface area contributed by atoms with E-state index in [1.54, 1.807) is 7.11 Å².